The number of anilines is 3. The number of nitrogens with two attached hydrogens (primary N) is 1. The zero-order valence-corrected chi connectivity index (χ0v) is 9.92. The van der Waals surface area contributed by atoms with Gasteiger partial charge in [-0.3, -0.25) is 0 Å². The molecule has 94 valence electrons. The highest BCUT2D eigenvalue weighted by Crippen LogP contribution is 2.26. The van der Waals surface area contributed by atoms with Crippen LogP contribution in [0.25, 0.3) is 0 Å². The van der Waals surface area contributed by atoms with Gasteiger partial charge in [-0.15, -0.1) is 0 Å². The number of rotatable bonds is 3. The van der Waals surface area contributed by atoms with E-state index < -0.39 is 5.97 Å². The van der Waals surface area contributed by atoms with E-state index in [-0.39, 0.29) is 11.3 Å². The Balaban J connectivity index is 2.36. The fourth-order valence-corrected chi connectivity index (χ4v) is 1.68. The van der Waals surface area contributed by atoms with E-state index in [1.165, 1.54) is 6.07 Å². The molecule has 0 aliphatic rings. The molecule has 0 bridgehead atoms. The Bertz CT molecular complexity index is 675. The topological polar surface area (TPSA) is 99.1 Å². The molecule has 2 aromatic carbocycles. The Morgan fingerprint density at radius 2 is 2.00 bits per heavy atom. The summed E-state index contributed by atoms with van der Waals surface area (Å²) in [7, 11) is 0. The lowest BCUT2D eigenvalue weighted by Gasteiger charge is -2.11. The van der Waals surface area contributed by atoms with Crippen LogP contribution >= 0.6 is 0 Å². The average molecular weight is 253 g/mol. The molecule has 0 fully saturated rings. The molecule has 0 atom stereocenters. The number of nitrogens with zero attached hydrogens (tertiary/aromatic N) is 1. The maximum absolute atomic E-state index is 11.0. The summed E-state index contributed by atoms with van der Waals surface area (Å²) in [4.78, 5) is 11.0. The number of aromatic carboxylic acids is 1. The van der Waals surface area contributed by atoms with Crippen LogP contribution in [0.2, 0.25) is 0 Å². The van der Waals surface area contributed by atoms with E-state index in [0.717, 1.165) is 0 Å². The van der Waals surface area contributed by atoms with E-state index in [9.17, 15) is 4.79 Å². The smallest absolute Gasteiger partial charge is 0.337 e. The molecule has 0 aliphatic carbocycles. The number of carboxylic acid groups (broad SMARTS) is 1. The van der Waals surface area contributed by atoms with Gasteiger partial charge in [0.1, 0.15) is 0 Å². The Labute approximate surface area is 109 Å². The van der Waals surface area contributed by atoms with Gasteiger partial charge in [-0.25, -0.2) is 4.79 Å². The van der Waals surface area contributed by atoms with Crippen molar-refractivity contribution in [3.05, 3.63) is 53.6 Å². The first-order chi connectivity index (χ1) is 9.11. The largest absolute Gasteiger partial charge is 0.478 e. The van der Waals surface area contributed by atoms with Crippen molar-refractivity contribution in [3.8, 4) is 6.07 Å². The minimum Gasteiger partial charge on any atom is -0.478 e. The highest BCUT2D eigenvalue weighted by atomic mass is 16.4. The monoisotopic (exact) mass is 253 g/mol. The highest BCUT2D eigenvalue weighted by molar-refractivity contribution is 5.97. The molecule has 0 saturated carbocycles. The lowest BCUT2D eigenvalue weighted by molar-refractivity contribution is 0.0698. The number of carboxylic acids is 1. The van der Waals surface area contributed by atoms with Crippen molar-refractivity contribution in [1.29, 1.82) is 5.26 Å². The summed E-state index contributed by atoms with van der Waals surface area (Å²) in [6, 6.07) is 13.6. The maximum Gasteiger partial charge on any atom is 0.337 e. The molecule has 0 aliphatic heterocycles. The Morgan fingerprint density at radius 3 is 2.68 bits per heavy atom. The summed E-state index contributed by atoms with van der Waals surface area (Å²) in [6.45, 7) is 0. The minimum atomic E-state index is -1.08. The second kappa shape index (κ2) is 5.10. The Morgan fingerprint density at radius 1 is 1.26 bits per heavy atom. The third-order valence-corrected chi connectivity index (χ3v) is 2.61. The highest BCUT2D eigenvalue weighted by Gasteiger charge is 2.11. The number of benzene rings is 2. The Hall–Kier alpha value is -3.00. The van der Waals surface area contributed by atoms with Crippen LogP contribution in [0.15, 0.2) is 42.5 Å². The van der Waals surface area contributed by atoms with Crippen LogP contribution in [-0.4, -0.2) is 11.1 Å². The molecule has 0 heterocycles. The molecule has 2 aromatic rings. The summed E-state index contributed by atoms with van der Waals surface area (Å²) < 4.78 is 0. The van der Waals surface area contributed by atoms with E-state index in [0.29, 0.717) is 16.9 Å². The molecule has 5 nitrogen and oxygen atoms in total. The molecule has 0 aromatic heterocycles. The zero-order valence-electron chi connectivity index (χ0n) is 9.92. The lowest BCUT2D eigenvalue weighted by atomic mass is 10.1. The summed E-state index contributed by atoms with van der Waals surface area (Å²) in [5.74, 6) is -1.08. The SMILES string of the molecule is N#Cc1cccc(Nc2cccc(C(=O)O)c2N)c1. The quantitative estimate of drug-likeness (QED) is 0.730. The van der Waals surface area contributed by atoms with E-state index >= 15 is 0 Å². The molecule has 0 saturated heterocycles. The maximum atomic E-state index is 11.0. The van der Waals surface area contributed by atoms with Crippen LogP contribution in [0.4, 0.5) is 17.1 Å². The van der Waals surface area contributed by atoms with Gasteiger partial charge in [0, 0.05) is 5.69 Å². The summed E-state index contributed by atoms with van der Waals surface area (Å²) in [5.41, 5.74) is 7.68. The number of nitrogen functional groups attached to an aromatic ring is 1. The average Bonchev–Trinajstić information content (AvgIpc) is 2.41. The van der Waals surface area contributed by atoms with Crippen molar-refractivity contribution in [2.45, 2.75) is 0 Å². The fourth-order valence-electron chi connectivity index (χ4n) is 1.68. The fraction of sp³-hybridized carbons (Fsp3) is 0. The summed E-state index contributed by atoms with van der Waals surface area (Å²) in [5, 5.41) is 20.8. The van der Waals surface area contributed by atoms with Gasteiger partial charge in [0.25, 0.3) is 0 Å². The molecule has 0 amide bonds. The van der Waals surface area contributed by atoms with E-state index in [4.69, 9.17) is 16.1 Å². The van der Waals surface area contributed by atoms with Crippen molar-refractivity contribution in [1.82, 2.24) is 0 Å². The van der Waals surface area contributed by atoms with Gasteiger partial charge in [-0.2, -0.15) is 5.26 Å². The van der Waals surface area contributed by atoms with Crippen molar-refractivity contribution < 1.29 is 9.90 Å². The predicted molar refractivity (Wildman–Crippen MR) is 72.3 cm³/mol. The molecule has 0 spiro atoms. The van der Waals surface area contributed by atoms with Crippen LogP contribution < -0.4 is 11.1 Å². The van der Waals surface area contributed by atoms with E-state index in [2.05, 4.69) is 5.32 Å². The zero-order chi connectivity index (χ0) is 13.8. The van der Waals surface area contributed by atoms with E-state index in [1.807, 2.05) is 6.07 Å². The second-order valence-corrected chi connectivity index (χ2v) is 3.89. The summed E-state index contributed by atoms with van der Waals surface area (Å²) >= 11 is 0. The third kappa shape index (κ3) is 2.64. The van der Waals surface area contributed by atoms with Gasteiger partial charge in [0.05, 0.1) is 28.6 Å². The van der Waals surface area contributed by atoms with Crippen LogP contribution in [0, 0.1) is 11.3 Å². The predicted octanol–water partition coefficient (Wildman–Crippen LogP) is 2.58. The van der Waals surface area contributed by atoms with Crippen molar-refractivity contribution in [2.75, 3.05) is 11.1 Å². The molecule has 2 rings (SSSR count). The Kier molecular flexibility index (Phi) is 3.35. The van der Waals surface area contributed by atoms with Gasteiger partial charge >= 0.3 is 5.97 Å². The first-order valence-electron chi connectivity index (χ1n) is 5.51. The van der Waals surface area contributed by atoms with Crippen molar-refractivity contribution >= 4 is 23.0 Å². The molecular formula is C14H11N3O2. The number of hydrogen-bond acceptors (Lipinski definition) is 4. The number of hydrogen-bond donors (Lipinski definition) is 3. The molecule has 0 radical (unpaired) electrons. The van der Waals surface area contributed by atoms with Crippen LogP contribution in [-0.2, 0) is 0 Å². The third-order valence-electron chi connectivity index (χ3n) is 2.61. The summed E-state index contributed by atoms with van der Waals surface area (Å²) in [6.07, 6.45) is 0. The van der Waals surface area contributed by atoms with Crippen molar-refractivity contribution in [3.63, 3.8) is 0 Å². The van der Waals surface area contributed by atoms with E-state index in [1.54, 1.807) is 36.4 Å². The van der Waals surface area contributed by atoms with Crippen molar-refractivity contribution in [2.24, 2.45) is 0 Å². The second-order valence-electron chi connectivity index (χ2n) is 3.89. The van der Waals surface area contributed by atoms with Gasteiger partial charge in [-0.1, -0.05) is 12.1 Å². The number of carbonyl (C=O) groups is 1. The molecule has 5 heteroatoms. The molecular weight excluding hydrogens is 242 g/mol. The molecule has 19 heavy (non-hydrogen) atoms. The van der Waals surface area contributed by atoms with Crippen LogP contribution in [0.1, 0.15) is 15.9 Å². The number of nitriles is 1. The number of para-hydroxylation sites is 1. The van der Waals surface area contributed by atoms with Gasteiger partial charge in [0.15, 0.2) is 0 Å². The number of nitrogens with one attached hydrogen (secondary N) is 1. The van der Waals surface area contributed by atoms with Crippen LogP contribution in [0.3, 0.4) is 0 Å². The first kappa shape index (κ1) is 12.5. The lowest BCUT2D eigenvalue weighted by Crippen LogP contribution is -2.05. The van der Waals surface area contributed by atoms with Gasteiger partial charge in [-0.05, 0) is 30.3 Å². The molecule has 0 unspecified atom stereocenters. The van der Waals surface area contributed by atoms with Gasteiger partial charge in [0.2, 0.25) is 0 Å². The molecule has 4 N–H and O–H groups in total. The first-order valence-corrected chi connectivity index (χ1v) is 5.51. The van der Waals surface area contributed by atoms with Crippen LogP contribution in [0.5, 0.6) is 0 Å². The minimum absolute atomic E-state index is 0.0430. The normalized spacial score (nSPS) is 9.63. The van der Waals surface area contributed by atoms with Gasteiger partial charge < -0.3 is 16.2 Å². The standard InChI is InChI=1S/C14H11N3O2/c15-8-9-3-1-4-10(7-9)17-12-6-2-5-11(13(12)16)14(18)19/h1-7,17H,16H2,(H,18,19).